The molecule has 0 unspecified atom stereocenters. The van der Waals surface area contributed by atoms with E-state index in [0.29, 0.717) is 5.91 Å². The summed E-state index contributed by atoms with van der Waals surface area (Å²) in [5.41, 5.74) is 3.34. The molecule has 154 valence electrons. The third-order valence-corrected chi connectivity index (χ3v) is 6.03. The molecule has 1 amide bonds. The summed E-state index contributed by atoms with van der Waals surface area (Å²) in [6, 6.07) is 12.6. The monoisotopic (exact) mass is 393 g/mol. The molecule has 4 rings (SSSR count). The highest BCUT2D eigenvalue weighted by Crippen LogP contribution is 2.23. The number of aromatic nitrogens is 2. The van der Waals surface area contributed by atoms with Gasteiger partial charge in [-0.3, -0.25) is 9.69 Å². The van der Waals surface area contributed by atoms with Crippen molar-refractivity contribution in [2.75, 3.05) is 44.2 Å². The van der Waals surface area contributed by atoms with Gasteiger partial charge in [-0.25, -0.2) is 9.97 Å². The summed E-state index contributed by atoms with van der Waals surface area (Å²) >= 11 is 0. The quantitative estimate of drug-likeness (QED) is 0.799. The first-order valence-corrected chi connectivity index (χ1v) is 10.7. The molecule has 6 nitrogen and oxygen atoms in total. The van der Waals surface area contributed by atoms with Crippen LogP contribution in [0, 0.1) is 19.8 Å². The maximum atomic E-state index is 13.0. The Labute approximate surface area is 173 Å². The Bertz CT molecular complexity index is 804. The molecule has 0 aliphatic carbocycles. The molecule has 0 bridgehead atoms. The highest BCUT2D eigenvalue weighted by atomic mass is 16.2. The number of rotatable bonds is 4. The molecule has 6 heteroatoms. The first kappa shape index (κ1) is 19.8. The highest BCUT2D eigenvalue weighted by Gasteiger charge is 2.31. The molecule has 1 aromatic heterocycles. The van der Waals surface area contributed by atoms with Crippen LogP contribution in [-0.4, -0.2) is 64.9 Å². The van der Waals surface area contributed by atoms with E-state index in [1.165, 1.54) is 5.56 Å². The van der Waals surface area contributed by atoms with Gasteiger partial charge in [0.2, 0.25) is 11.9 Å². The molecule has 29 heavy (non-hydrogen) atoms. The van der Waals surface area contributed by atoms with Crippen LogP contribution < -0.4 is 4.90 Å². The minimum atomic E-state index is 0.137. The number of benzene rings is 1. The fourth-order valence-corrected chi connectivity index (χ4v) is 4.40. The molecule has 0 radical (unpaired) electrons. The average molecular weight is 394 g/mol. The SMILES string of the molecule is Cc1cc(C)nc(N2CCC(C(=O)N3CCN(Cc4ccccc4)CC3)CC2)n1. The van der Waals surface area contributed by atoms with Crippen molar-refractivity contribution in [3.05, 3.63) is 53.3 Å². The molecule has 3 heterocycles. The highest BCUT2D eigenvalue weighted by molar-refractivity contribution is 5.79. The maximum Gasteiger partial charge on any atom is 0.225 e. The molecule has 0 N–H and O–H groups in total. The van der Waals surface area contributed by atoms with Crippen LogP contribution >= 0.6 is 0 Å². The maximum absolute atomic E-state index is 13.0. The molecule has 2 saturated heterocycles. The normalized spacial score (nSPS) is 18.8. The summed E-state index contributed by atoms with van der Waals surface area (Å²) in [5.74, 6) is 1.28. The Morgan fingerprint density at radius 3 is 2.17 bits per heavy atom. The number of carbonyl (C=O) groups excluding carboxylic acids is 1. The summed E-state index contributed by atoms with van der Waals surface area (Å²) in [6.45, 7) is 10.3. The van der Waals surface area contributed by atoms with Crippen molar-refractivity contribution in [1.82, 2.24) is 19.8 Å². The molecular formula is C23H31N5O. The smallest absolute Gasteiger partial charge is 0.225 e. The number of hydrogen-bond acceptors (Lipinski definition) is 5. The van der Waals surface area contributed by atoms with E-state index in [1.807, 2.05) is 19.9 Å². The number of amides is 1. The van der Waals surface area contributed by atoms with Crippen LogP contribution in [0.3, 0.4) is 0 Å². The number of anilines is 1. The van der Waals surface area contributed by atoms with Gasteiger partial charge in [-0.1, -0.05) is 30.3 Å². The van der Waals surface area contributed by atoms with Crippen LogP contribution in [-0.2, 0) is 11.3 Å². The fraction of sp³-hybridized carbons (Fsp3) is 0.522. The third kappa shape index (κ3) is 4.93. The van der Waals surface area contributed by atoms with Gasteiger partial charge in [0.15, 0.2) is 0 Å². The zero-order valence-corrected chi connectivity index (χ0v) is 17.5. The lowest BCUT2D eigenvalue weighted by atomic mass is 9.95. The van der Waals surface area contributed by atoms with Crippen LogP contribution in [0.25, 0.3) is 0 Å². The van der Waals surface area contributed by atoms with E-state index >= 15 is 0 Å². The molecule has 2 fully saturated rings. The number of hydrogen-bond donors (Lipinski definition) is 0. The molecule has 1 aromatic carbocycles. The number of aryl methyl sites for hydroxylation is 2. The van der Waals surface area contributed by atoms with E-state index in [-0.39, 0.29) is 5.92 Å². The van der Waals surface area contributed by atoms with Gasteiger partial charge in [-0.05, 0) is 38.3 Å². The van der Waals surface area contributed by atoms with E-state index in [2.05, 4.69) is 55.0 Å². The second kappa shape index (κ2) is 8.91. The van der Waals surface area contributed by atoms with Crippen molar-refractivity contribution >= 4 is 11.9 Å². The van der Waals surface area contributed by atoms with E-state index in [1.54, 1.807) is 0 Å². The zero-order chi connectivity index (χ0) is 20.2. The minimum Gasteiger partial charge on any atom is -0.341 e. The molecular weight excluding hydrogens is 362 g/mol. The van der Waals surface area contributed by atoms with E-state index in [0.717, 1.165) is 76.0 Å². The van der Waals surface area contributed by atoms with Crippen LogP contribution in [0.2, 0.25) is 0 Å². The van der Waals surface area contributed by atoms with Gasteiger partial charge < -0.3 is 9.80 Å². The van der Waals surface area contributed by atoms with E-state index in [4.69, 9.17) is 0 Å². The number of piperidine rings is 1. The Morgan fingerprint density at radius 2 is 1.55 bits per heavy atom. The summed E-state index contributed by atoms with van der Waals surface area (Å²) in [5, 5.41) is 0. The van der Waals surface area contributed by atoms with E-state index in [9.17, 15) is 4.79 Å². The van der Waals surface area contributed by atoms with Crippen LogP contribution in [0.15, 0.2) is 36.4 Å². The lowest BCUT2D eigenvalue weighted by Gasteiger charge is -2.38. The Balaban J connectivity index is 1.26. The van der Waals surface area contributed by atoms with Crippen LogP contribution in [0.5, 0.6) is 0 Å². The van der Waals surface area contributed by atoms with Gasteiger partial charge in [0, 0.05) is 63.1 Å². The second-order valence-electron chi connectivity index (χ2n) is 8.30. The van der Waals surface area contributed by atoms with Gasteiger partial charge >= 0.3 is 0 Å². The predicted octanol–water partition coefficient (Wildman–Crippen LogP) is 2.65. The summed E-state index contributed by atoms with van der Waals surface area (Å²) in [6.07, 6.45) is 1.78. The number of nitrogens with zero attached hydrogens (tertiary/aromatic N) is 5. The van der Waals surface area contributed by atoms with Crippen molar-refractivity contribution in [2.45, 2.75) is 33.2 Å². The Morgan fingerprint density at radius 1 is 0.931 bits per heavy atom. The Hall–Kier alpha value is -2.47. The van der Waals surface area contributed by atoms with Gasteiger partial charge in [0.25, 0.3) is 0 Å². The first-order chi connectivity index (χ1) is 14.1. The van der Waals surface area contributed by atoms with E-state index < -0.39 is 0 Å². The standard InChI is InChI=1S/C23H31N5O/c1-18-16-19(2)25-23(24-18)28-10-8-21(9-11-28)22(29)27-14-12-26(13-15-27)17-20-6-4-3-5-7-20/h3-7,16,21H,8-15,17H2,1-2H3. The van der Waals surface area contributed by atoms with Crippen molar-refractivity contribution in [3.8, 4) is 0 Å². The van der Waals surface area contributed by atoms with Gasteiger partial charge in [-0.15, -0.1) is 0 Å². The average Bonchev–Trinajstić information content (AvgIpc) is 2.74. The Kier molecular flexibility index (Phi) is 6.09. The molecule has 2 aromatic rings. The summed E-state index contributed by atoms with van der Waals surface area (Å²) < 4.78 is 0. The third-order valence-electron chi connectivity index (χ3n) is 6.03. The number of carbonyl (C=O) groups is 1. The van der Waals surface area contributed by atoms with Gasteiger partial charge in [-0.2, -0.15) is 0 Å². The van der Waals surface area contributed by atoms with Crippen molar-refractivity contribution in [1.29, 1.82) is 0 Å². The molecule has 0 atom stereocenters. The molecule has 0 spiro atoms. The molecule has 2 aliphatic rings. The van der Waals surface area contributed by atoms with Gasteiger partial charge in [0.05, 0.1) is 0 Å². The summed E-state index contributed by atoms with van der Waals surface area (Å²) in [4.78, 5) is 28.9. The van der Waals surface area contributed by atoms with Gasteiger partial charge in [0.1, 0.15) is 0 Å². The first-order valence-electron chi connectivity index (χ1n) is 10.7. The molecule has 0 saturated carbocycles. The van der Waals surface area contributed by atoms with Crippen molar-refractivity contribution in [2.24, 2.45) is 5.92 Å². The number of piperazine rings is 1. The lowest BCUT2D eigenvalue weighted by molar-refractivity contribution is -0.138. The zero-order valence-electron chi connectivity index (χ0n) is 17.5. The predicted molar refractivity (Wildman–Crippen MR) is 115 cm³/mol. The summed E-state index contributed by atoms with van der Waals surface area (Å²) in [7, 11) is 0. The van der Waals surface area contributed by atoms with Crippen molar-refractivity contribution in [3.63, 3.8) is 0 Å². The lowest BCUT2D eigenvalue weighted by Crippen LogP contribution is -2.51. The topological polar surface area (TPSA) is 52.6 Å². The molecule has 2 aliphatic heterocycles. The largest absolute Gasteiger partial charge is 0.341 e. The fourth-order valence-electron chi connectivity index (χ4n) is 4.40. The van der Waals surface area contributed by atoms with Crippen LogP contribution in [0.4, 0.5) is 5.95 Å². The second-order valence-corrected chi connectivity index (χ2v) is 8.30. The minimum absolute atomic E-state index is 0.137. The van der Waals surface area contributed by atoms with Crippen molar-refractivity contribution < 1.29 is 4.79 Å². The van der Waals surface area contributed by atoms with Crippen LogP contribution in [0.1, 0.15) is 29.8 Å².